The highest BCUT2D eigenvalue weighted by atomic mass is 19.4. The standard InChI is InChI=1S/C12H19F3N2O/c1-8-5-9(2)17(6-8)10(18)11(12(13,14)15)3-4-16-7-11/h8-9,16H,3-7H2,1-2H3. The molecule has 3 nitrogen and oxygen atoms in total. The van der Waals surface area contributed by atoms with Crippen molar-refractivity contribution in [1.82, 2.24) is 10.2 Å². The Morgan fingerprint density at radius 1 is 1.39 bits per heavy atom. The van der Waals surface area contributed by atoms with Gasteiger partial charge in [-0.1, -0.05) is 6.92 Å². The monoisotopic (exact) mass is 264 g/mol. The third-order valence-corrected chi connectivity index (χ3v) is 4.15. The molecule has 0 aromatic carbocycles. The van der Waals surface area contributed by atoms with E-state index in [1.54, 1.807) is 0 Å². The summed E-state index contributed by atoms with van der Waals surface area (Å²) in [5.41, 5.74) is -2.20. The zero-order chi connectivity index (χ0) is 13.6. The van der Waals surface area contributed by atoms with Crippen LogP contribution in [0, 0.1) is 11.3 Å². The molecular weight excluding hydrogens is 245 g/mol. The predicted octanol–water partition coefficient (Wildman–Crippen LogP) is 1.79. The summed E-state index contributed by atoms with van der Waals surface area (Å²) < 4.78 is 39.8. The lowest BCUT2D eigenvalue weighted by Gasteiger charge is -2.35. The minimum Gasteiger partial charge on any atom is -0.339 e. The third kappa shape index (κ3) is 2.00. The van der Waals surface area contributed by atoms with Crippen LogP contribution in [0.25, 0.3) is 0 Å². The number of alkyl halides is 3. The second kappa shape index (κ2) is 4.40. The van der Waals surface area contributed by atoms with Gasteiger partial charge in [0.2, 0.25) is 5.91 Å². The Bertz CT molecular complexity index is 337. The zero-order valence-electron chi connectivity index (χ0n) is 10.7. The largest absolute Gasteiger partial charge is 0.404 e. The zero-order valence-corrected chi connectivity index (χ0v) is 10.7. The SMILES string of the molecule is CC1CC(C)N(C(=O)C2(C(F)(F)F)CCNC2)C1. The molecule has 6 heteroatoms. The van der Waals surface area contributed by atoms with Crippen LogP contribution in [-0.2, 0) is 4.79 Å². The summed E-state index contributed by atoms with van der Waals surface area (Å²) in [6.07, 6.45) is -3.83. The number of carbonyl (C=O) groups excluding carboxylic acids is 1. The molecule has 2 saturated heterocycles. The van der Waals surface area contributed by atoms with Crippen molar-refractivity contribution in [1.29, 1.82) is 0 Å². The maximum Gasteiger partial charge on any atom is 0.404 e. The van der Waals surface area contributed by atoms with Crippen LogP contribution in [0.4, 0.5) is 13.2 Å². The summed E-state index contributed by atoms with van der Waals surface area (Å²) in [6, 6.07) is -0.0904. The fourth-order valence-corrected chi connectivity index (χ4v) is 3.10. The highest BCUT2D eigenvalue weighted by Gasteiger charge is 2.63. The minimum absolute atomic E-state index is 0.0904. The van der Waals surface area contributed by atoms with Crippen LogP contribution in [0.2, 0.25) is 0 Å². The smallest absolute Gasteiger partial charge is 0.339 e. The van der Waals surface area contributed by atoms with E-state index in [4.69, 9.17) is 0 Å². The normalized spacial score (nSPS) is 37.3. The number of hydrogen-bond donors (Lipinski definition) is 1. The number of amides is 1. The van der Waals surface area contributed by atoms with Crippen molar-refractivity contribution in [3.8, 4) is 0 Å². The van der Waals surface area contributed by atoms with Crippen molar-refractivity contribution < 1.29 is 18.0 Å². The van der Waals surface area contributed by atoms with Gasteiger partial charge in [-0.05, 0) is 32.2 Å². The topological polar surface area (TPSA) is 32.3 Å². The van der Waals surface area contributed by atoms with E-state index in [1.807, 2.05) is 13.8 Å². The first-order valence-corrected chi connectivity index (χ1v) is 6.36. The van der Waals surface area contributed by atoms with Crippen molar-refractivity contribution in [3.05, 3.63) is 0 Å². The molecule has 0 aliphatic carbocycles. The Kier molecular flexibility index (Phi) is 3.34. The second-order valence-electron chi connectivity index (χ2n) is 5.65. The van der Waals surface area contributed by atoms with E-state index in [0.29, 0.717) is 6.54 Å². The first-order chi connectivity index (χ1) is 8.28. The first kappa shape index (κ1) is 13.6. The summed E-state index contributed by atoms with van der Waals surface area (Å²) in [5.74, 6) is -0.458. The van der Waals surface area contributed by atoms with E-state index in [1.165, 1.54) is 4.90 Å². The van der Waals surface area contributed by atoms with Crippen molar-refractivity contribution in [2.45, 2.75) is 38.9 Å². The molecule has 2 heterocycles. The number of likely N-dealkylation sites (tertiary alicyclic amines) is 1. The number of carbonyl (C=O) groups is 1. The molecule has 1 amide bonds. The molecule has 0 spiro atoms. The Hall–Kier alpha value is -0.780. The summed E-state index contributed by atoms with van der Waals surface area (Å²) in [6.45, 7) is 4.21. The van der Waals surface area contributed by atoms with Gasteiger partial charge in [0.25, 0.3) is 0 Å². The first-order valence-electron chi connectivity index (χ1n) is 6.36. The molecule has 0 radical (unpaired) electrons. The van der Waals surface area contributed by atoms with Gasteiger partial charge < -0.3 is 10.2 Å². The van der Waals surface area contributed by atoms with Gasteiger partial charge in [0.05, 0.1) is 0 Å². The molecular formula is C12H19F3N2O. The Morgan fingerprint density at radius 3 is 2.44 bits per heavy atom. The van der Waals surface area contributed by atoms with E-state index in [2.05, 4.69) is 5.32 Å². The lowest BCUT2D eigenvalue weighted by molar-refractivity contribution is -0.222. The van der Waals surface area contributed by atoms with Gasteiger partial charge in [0, 0.05) is 19.1 Å². The van der Waals surface area contributed by atoms with Crippen molar-refractivity contribution in [2.24, 2.45) is 11.3 Å². The molecule has 3 unspecified atom stereocenters. The van der Waals surface area contributed by atoms with Crippen LogP contribution in [0.1, 0.15) is 26.7 Å². The summed E-state index contributed by atoms with van der Waals surface area (Å²) in [7, 11) is 0. The summed E-state index contributed by atoms with van der Waals surface area (Å²) in [4.78, 5) is 13.8. The molecule has 104 valence electrons. The molecule has 18 heavy (non-hydrogen) atoms. The Labute approximate surface area is 105 Å². The van der Waals surface area contributed by atoms with Gasteiger partial charge in [-0.15, -0.1) is 0 Å². The van der Waals surface area contributed by atoms with E-state index in [9.17, 15) is 18.0 Å². The second-order valence-corrected chi connectivity index (χ2v) is 5.65. The van der Waals surface area contributed by atoms with E-state index >= 15 is 0 Å². The molecule has 3 atom stereocenters. The van der Waals surface area contributed by atoms with E-state index in [-0.39, 0.29) is 31.5 Å². The average Bonchev–Trinajstić information content (AvgIpc) is 2.83. The Morgan fingerprint density at radius 2 is 2.06 bits per heavy atom. The highest BCUT2D eigenvalue weighted by molar-refractivity contribution is 5.85. The number of hydrogen-bond acceptors (Lipinski definition) is 2. The van der Waals surface area contributed by atoms with Gasteiger partial charge in [0.1, 0.15) is 0 Å². The van der Waals surface area contributed by atoms with Gasteiger partial charge in [-0.25, -0.2) is 0 Å². The molecule has 2 aliphatic rings. The number of nitrogens with zero attached hydrogens (tertiary/aromatic N) is 1. The van der Waals surface area contributed by atoms with E-state index in [0.717, 1.165) is 6.42 Å². The summed E-state index contributed by atoms with van der Waals surface area (Å²) >= 11 is 0. The predicted molar refractivity (Wildman–Crippen MR) is 60.9 cm³/mol. The van der Waals surface area contributed by atoms with Gasteiger partial charge in [0.15, 0.2) is 5.41 Å². The molecule has 2 fully saturated rings. The average molecular weight is 264 g/mol. The Balaban J connectivity index is 2.25. The van der Waals surface area contributed by atoms with Crippen LogP contribution in [-0.4, -0.2) is 42.7 Å². The van der Waals surface area contributed by atoms with Crippen LogP contribution in [0.5, 0.6) is 0 Å². The molecule has 0 aromatic rings. The fourth-order valence-electron chi connectivity index (χ4n) is 3.10. The van der Waals surface area contributed by atoms with Crippen LogP contribution in [0.15, 0.2) is 0 Å². The van der Waals surface area contributed by atoms with Gasteiger partial charge >= 0.3 is 6.18 Å². The number of rotatable bonds is 1. The van der Waals surface area contributed by atoms with Crippen LogP contribution < -0.4 is 5.32 Å². The fraction of sp³-hybridized carbons (Fsp3) is 0.917. The van der Waals surface area contributed by atoms with Crippen molar-refractivity contribution in [2.75, 3.05) is 19.6 Å². The number of halogens is 3. The molecule has 1 N–H and O–H groups in total. The quantitative estimate of drug-likeness (QED) is 0.783. The van der Waals surface area contributed by atoms with Gasteiger partial charge in [-0.3, -0.25) is 4.79 Å². The molecule has 0 saturated carbocycles. The molecule has 2 aliphatic heterocycles. The van der Waals surface area contributed by atoms with Gasteiger partial charge in [-0.2, -0.15) is 13.2 Å². The van der Waals surface area contributed by atoms with E-state index < -0.39 is 17.5 Å². The van der Waals surface area contributed by atoms with Crippen molar-refractivity contribution in [3.63, 3.8) is 0 Å². The molecule has 2 rings (SSSR count). The maximum atomic E-state index is 13.3. The molecule has 0 aromatic heterocycles. The lowest BCUT2D eigenvalue weighted by atomic mass is 9.84. The summed E-state index contributed by atoms with van der Waals surface area (Å²) in [5, 5.41) is 2.68. The van der Waals surface area contributed by atoms with Crippen molar-refractivity contribution >= 4 is 5.91 Å². The highest BCUT2D eigenvalue weighted by Crippen LogP contribution is 2.45. The lowest BCUT2D eigenvalue weighted by Crippen LogP contribution is -2.54. The maximum absolute atomic E-state index is 13.3. The minimum atomic E-state index is -4.47. The molecule has 0 bridgehead atoms. The number of nitrogens with one attached hydrogen (secondary N) is 1. The third-order valence-electron chi connectivity index (χ3n) is 4.15. The van der Waals surface area contributed by atoms with Crippen LogP contribution in [0.3, 0.4) is 0 Å². The van der Waals surface area contributed by atoms with Crippen LogP contribution >= 0.6 is 0 Å².